The van der Waals surface area contributed by atoms with Gasteiger partial charge in [-0.3, -0.25) is 4.99 Å². The van der Waals surface area contributed by atoms with E-state index < -0.39 is 81.0 Å². The van der Waals surface area contributed by atoms with Gasteiger partial charge in [-0.25, -0.2) is 58.4 Å². The Morgan fingerprint density at radius 3 is 1.18 bits per heavy atom. The molecular formula is C76H73Cl5F10FeN8+. The zero-order chi connectivity index (χ0) is 72.4. The number of rotatable bonds is 12. The number of aryl methyl sites for hydroxylation is 4. The van der Waals surface area contributed by atoms with Crippen molar-refractivity contribution in [3.63, 3.8) is 0 Å². The fourth-order valence-corrected chi connectivity index (χ4v) is 12.4. The van der Waals surface area contributed by atoms with E-state index in [-0.39, 0.29) is 83.7 Å². The summed E-state index contributed by atoms with van der Waals surface area (Å²) in [4.78, 5) is 22.2. The Morgan fingerprint density at radius 1 is 0.440 bits per heavy atom. The third-order valence-corrected chi connectivity index (χ3v) is 17.0. The first-order chi connectivity index (χ1) is 47.0. The first-order valence-electron chi connectivity index (χ1n) is 31.8. The van der Waals surface area contributed by atoms with E-state index in [0.717, 1.165) is 55.9 Å². The number of amidine groups is 4. The van der Waals surface area contributed by atoms with Gasteiger partial charge in [-0.2, -0.15) is 4.99 Å². The van der Waals surface area contributed by atoms with Gasteiger partial charge in [0.2, 0.25) is 11.7 Å². The second-order valence-corrected chi connectivity index (χ2v) is 27.7. The number of hydrogen-bond donors (Lipinski definition) is 0. The summed E-state index contributed by atoms with van der Waals surface area (Å²) in [5.41, 5.74) is 8.01. The number of aliphatic imine (C=N–C) groups is 4. The molecule has 0 aliphatic carbocycles. The van der Waals surface area contributed by atoms with E-state index in [2.05, 4.69) is 71.7 Å². The molecule has 0 radical (unpaired) electrons. The first-order valence-corrected chi connectivity index (χ1v) is 35.6. The van der Waals surface area contributed by atoms with E-state index >= 15 is 17.6 Å². The topological polar surface area (TPSA) is 61.9 Å². The second kappa shape index (κ2) is 35.5. The average molecular weight is 1520 g/mol. The molecule has 2 heterocycles. The van der Waals surface area contributed by atoms with Gasteiger partial charge in [0.15, 0.2) is 64.5 Å². The van der Waals surface area contributed by atoms with Crippen molar-refractivity contribution in [1.82, 2.24) is 9.80 Å². The van der Waals surface area contributed by atoms with Crippen molar-refractivity contribution < 1.29 is 78.6 Å². The van der Waals surface area contributed by atoms with Crippen LogP contribution >= 0.6 is 43.4 Å². The SMILES string of the molecule is Cc1cc(C)c(N=C(c2c(F)c(F)c(F)c(F)c2F)N2C=[N+](C(=Nc3c(C(C)C)cccc3C(C)C)c3ccccc3)CCC2)c(Cl)c1.Cc1cc(C)c(N=C(c2c(F)c(F)c(F)c(F)c2F)N2[C-]=[N+](C(=Nc3c(C(C)C)cccc3C(C)C)c3ccccc3)CCC2)c(Cl)c1.[Cl-].[Cl][Fe+][Cl]. The van der Waals surface area contributed by atoms with Gasteiger partial charge in [0.05, 0.1) is 52.2 Å². The molecular weight excluding hydrogens is 1450 g/mol. The van der Waals surface area contributed by atoms with Crippen LogP contribution in [-0.4, -0.2) is 81.1 Å². The van der Waals surface area contributed by atoms with Gasteiger partial charge in [0.1, 0.15) is 29.1 Å². The van der Waals surface area contributed by atoms with Crippen LogP contribution in [-0.2, 0) is 13.1 Å². The van der Waals surface area contributed by atoms with Gasteiger partial charge < -0.3 is 21.9 Å². The number of nitrogens with zero attached hydrogens (tertiary/aromatic N) is 8. The summed E-state index contributed by atoms with van der Waals surface area (Å²) < 4.78 is 153. The molecule has 8 aromatic carbocycles. The van der Waals surface area contributed by atoms with Gasteiger partial charge in [-0.05, 0) is 126 Å². The van der Waals surface area contributed by atoms with Crippen LogP contribution in [0.5, 0.6) is 0 Å². The molecule has 0 amide bonds. The van der Waals surface area contributed by atoms with Crippen molar-refractivity contribution >= 4 is 102 Å². The zero-order valence-electron chi connectivity index (χ0n) is 56.8. The number of para-hydroxylation sites is 2. The number of halogens is 15. The van der Waals surface area contributed by atoms with Crippen molar-refractivity contribution in [1.29, 1.82) is 0 Å². The van der Waals surface area contributed by atoms with Gasteiger partial charge in [-0.15, -0.1) is 4.99 Å². The molecule has 0 bridgehead atoms. The molecule has 0 saturated heterocycles. The summed E-state index contributed by atoms with van der Waals surface area (Å²) in [6.07, 6.45) is 5.56. The first kappa shape index (κ1) is 80.0. The minimum absolute atomic E-state index is 0. The van der Waals surface area contributed by atoms with Gasteiger partial charge in [0, 0.05) is 19.4 Å². The molecule has 2 aliphatic heterocycles. The summed E-state index contributed by atoms with van der Waals surface area (Å²) >= 11 is 13.3. The van der Waals surface area contributed by atoms with Crippen LogP contribution < -0.4 is 12.4 Å². The molecule has 8 aromatic rings. The molecule has 24 heteroatoms. The Balaban J connectivity index is 0.000000268. The number of hydrogen-bond acceptors (Lipinski definition) is 4. The van der Waals surface area contributed by atoms with E-state index in [9.17, 15) is 26.3 Å². The standard InChI is InChI=1S/C38H37ClF5N4.C38H36ClF5N4.3ClH.Fe/c2*1-21(2)26-14-10-15-27(22(3)4)36(26)46-37(25-12-8-7-9-13-25)47-16-11-17-48(20-47)38(45-35-24(6)18-23(5)19-28(35)39)29-30(40)32(42)34(44)33(43)31(29)41;;;;/h7-10,12-15,18-22H,11,16-17H2,1-6H3;7-10,12-15,18-19,21-22H,11,16-17H2,1-6H3;3*1H;/q+1;;;;;+3/p-3. The maximum absolute atomic E-state index is 15.5. The van der Waals surface area contributed by atoms with Gasteiger partial charge in [-0.1, -0.05) is 176 Å². The summed E-state index contributed by atoms with van der Waals surface area (Å²) in [6, 6.07) is 37.8. The van der Waals surface area contributed by atoms with Crippen LogP contribution in [0.25, 0.3) is 0 Å². The normalized spacial score (nSPS) is 13.9. The monoisotopic (exact) mass is 1520 g/mol. The van der Waals surface area contributed by atoms with Crippen LogP contribution in [0.4, 0.5) is 66.7 Å². The third-order valence-electron chi connectivity index (χ3n) is 16.4. The van der Waals surface area contributed by atoms with Crippen LogP contribution in [0.2, 0.25) is 10.0 Å². The van der Waals surface area contributed by atoms with Crippen LogP contribution in [0.1, 0.15) is 159 Å². The Kier molecular flexibility index (Phi) is 28.4. The summed E-state index contributed by atoms with van der Waals surface area (Å²) in [7, 11) is 9.53. The molecule has 0 aromatic heterocycles. The van der Waals surface area contributed by atoms with E-state index in [1.807, 2.05) is 115 Å². The summed E-state index contributed by atoms with van der Waals surface area (Å²) in [5, 5.41) is 0.321. The Labute approximate surface area is 608 Å². The van der Waals surface area contributed by atoms with Crippen molar-refractivity contribution in [2.24, 2.45) is 20.0 Å². The van der Waals surface area contributed by atoms with Crippen molar-refractivity contribution in [3.05, 3.63) is 256 Å². The predicted octanol–water partition coefficient (Wildman–Crippen LogP) is 19.3. The average Bonchev–Trinajstić information content (AvgIpc) is 0.774. The molecule has 0 unspecified atom stereocenters. The van der Waals surface area contributed by atoms with Gasteiger partial charge in [0.25, 0.3) is 5.84 Å². The third kappa shape index (κ3) is 18.1. The molecule has 8 nitrogen and oxygen atoms in total. The van der Waals surface area contributed by atoms with E-state index in [1.54, 1.807) is 49.0 Å². The molecule has 529 valence electrons. The molecule has 0 fully saturated rings. The quantitative estimate of drug-likeness (QED) is 0.0179. The van der Waals surface area contributed by atoms with E-state index in [4.69, 9.17) is 53.4 Å². The Hall–Kier alpha value is -7.35. The molecule has 100 heavy (non-hydrogen) atoms. The van der Waals surface area contributed by atoms with Crippen molar-refractivity contribution in [2.45, 2.75) is 120 Å². The molecule has 10 rings (SSSR count). The Bertz CT molecular complexity index is 4070. The minimum atomic E-state index is -2.26. The van der Waals surface area contributed by atoms with E-state index in [0.29, 0.717) is 48.7 Å². The van der Waals surface area contributed by atoms with E-state index in [1.165, 1.54) is 9.80 Å². The summed E-state index contributed by atoms with van der Waals surface area (Å²) in [5.74, 6) is -20.1. The second-order valence-electron chi connectivity index (χ2n) is 25.0. The molecule has 0 N–H and O–H groups in total. The van der Waals surface area contributed by atoms with Crippen molar-refractivity contribution in [2.75, 3.05) is 26.2 Å². The summed E-state index contributed by atoms with van der Waals surface area (Å²) in [6.45, 7) is 24.9. The molecule has 0 saturated carbocycles. The fourth-order valence-electron chi connectivity index (χ4n) is 11.6. The van der Waals surface area contributed by atoms with Crippen LogP contribution in [0.15, 0.2) is 141 Å². The number of benzene rings is 8. The molecule has 0 spiro atoms. The van der Waals surface area contributed by atoms with Crippen LogP contribution in [0, 0.1) is 85.9 Å². The zero-order valence-corrected chi connectivity index (χ0v) is 61.7. The fraction of sp³-hybridized carbons (Fsp3) is 0.289. The van der Waals surface area contributed by atoms with Gasteiger partial charge >= 0.3 is 33.3 Å². The Morgan fingerprint density at radius 2 is 0.790 bits per heavy atom. The van der Waals surface area contributed by atoms with Crippen LogP contribution in [0.3, 0.4) is 0 Å². The molecule has 2 aliphatic rings. The predicted molar refractivity (Wildman–Crippen MR) is 377 cm³/mol. The molecule has 0 atom stereocenters. The maximum atomic E-state index is 15.5. The van der Waals surface area contributed by atoms with Crippen molar-refractivity contribution in [3.8, 4) is 0 Å².